The summed E-state index contributed by atoms with van der Waals surface area (Å²) >= 11 is 0. The van der Waals surface area contributed by atoms with Gasteiger partial charge in [0.1, 0.15) is 0 Å². The molecular weight excluding hydrogens is 380 g/mol. The summed E-state index contributed by atoms with van der Waals surface area (Å²) in [6.07, 6.45) is 8.80. The third kappa shape index (κ3) is 3.74. The van der Waals surface area contributed by atoms with Crippen LogP contribution in [0.4, 0.5) is 0 Å². The molecule has 2 N–H and O–H groups in total. The second kappa shape index (κ2) is 7.81. The predicted octanol–water partition coefficient (Wildman–Crippen LogP) is 1.07. The third-order valence-electron chi connectivity index (χ3n) is 8.76. The molecule has 0 aromatic heterocycles. The molecule has 0 radical (unpaired) electrons. The lowest BCUT2D eigenvalue weighted by atomic mass is 9.49. The molecular formula is C23H36N4O3. The standard InChI is InChI=1S/C23H36N4O3/c24-21(29)19-1-3-26(4-2-19)20(28)15-25-5-7-27(8-6-25)22(30)23-12-16-9-17(13-23)11-18(10-16)14-23/h16-19H,1-15H2,(H2,24,29). The molecule has 6 aliphatic rings. The number of nitrogens with two attached hydrogens (primary N) is 1. The molecule has 4 aliphatic carbocycles. The number of carbonyl (C=O) groups is 3. The van der Waals surface area contributed by atoms with Crippen LogP contribution in [0, 0.1) is 29.1 Å². The quantitative estimate of drug-likeness (QED) is 0.743. The summed E-state index contributed by atoms with van der Waals surface area (Å²) in [6, 6.07) is 0. The van der Waals surface area contributed by atoms with Gasteiger partial charge < -0.3 is 15.5 Å². The molecule has 6 rings (SSSR count). The van der Waals surface area contributed by atoms with E-state index in [1.165, 1.54) is 19.3 Å². The van der Waals surface area contributed by atoms with Crippen LogP contribution in [0.3, 0.4) is 0 Å². The lowest BCUT2D eigenvalue weighted by Gasteiger charge is -2.57. The van der Waals surface area contributed by atoms with Crippen molar-refractivity contribution in [1.29, 1.82) is 0 Å². The van der Waals surface area contributed by atoms with Crippen molar-refractivity contribution >= 4 is 17.7 Å². The lowest BCUT2D eigenvalue weighted by Crippen LogP contribution is -2.58. The number of hydrogen-bond donors (Lipinski definition) is 1. The van der Waals surface area contributed by atoms with Gasteiger partial charge in [-0.1, -0.05) is 0 Å². The number of nitrogens with zero attached hydrogens (tertiary/aromatic N) is 3. The van der Waals surface area contributed by atoms with E-state index in [0.717, 1.165) is 63.2 Å². The number of piperazine rings is 1. The first kappa shape index (κ1) is 20.3. The minimum absolute atomic E-state index is 0.0580. The molecule has 0 aromatic carbocycles. The Kier molecular flexibility index (Phi) is 5.28. The van der Waals surface area contributed by atoms with Crippen LogP contribution in [0.1, 0.15) is 51.4 Å². The Balaban J connectivity index is 1.11. The fraction of sp³-hybridized carbons (Fsp3) is 0.870. The van der Waals surface area contributed by atoms with Gasteiger partial charge in [-0.3, -0.25) is 19.3 Å². The van der Waals surface area contributed by atoms with E-state index in [1.54, 1.807) is 0 Å². The second-order valence-electron chi connectivity index (χ2n) is 10.8. The van der Waals surface area contributed by atoms with Crippen LogP contribution in [0.5, 0.6) is 0 Å². The second-order valence-corrected chi connectivity index (χ2v) is 10.8. The van der Waals surface area contributed by atoms with Crippen LogP contribution >= 0.6 is 0 Å². The summed E-state index contributed by atoms with van der Waals surface area (Å²) < 4.78 is 0. The molecule has 4 saturated carbocycles. The van der Waals surface area contributed by atoms with Gasteiger partial charge in [-0.15, -0.1) is 0 Å². The number of primary amides is 1. The fourth-order valence-corrected chi connectivity index (χ4v) is 7.52. The lowest BCUT2D eigenvalue weighted by molar-refractivity contribution is -0.159. The van der Waals surface area contributed by atoms with Crippen molar-refractivity contribution in [3.05, 3.63) is 0 Å². The Labute approximate surface area is 179 Å². The van der Waals surface area contributed by atoms with Gasteiger partial charge in [0, 0.05) is 45.2 Å². The highest BCUT2D eigenvalue weighted by atomic mass is 16.2. The van der Waals surface area contributed by atoms with Crippen molar-refractivity contribution in [1.82, 2.24) is 14.7 Å². The number of carbonyl (C=O) groups excluding carboxylic acids is 3. The smallest absolute Gasteiger partial charge is 0.236 e. The average Bonchev–Trinajstić information content (AvgIpc) is 2.73. The van der Waals surface area contributed by atoms with Crippen LogP contribution in [-0.2, 0) is 14.4 Å². The highest BCUT2D eigenvalue weighted by Gasteiger charge is 2.55. The molecule has 0 unspecified atom stereocenters. The van der Waals surface area contributed by atoms with E-state index in [1.807, 2.05) is 4.90 Å². The molecule has 30 heavy (non-hydrogen) atoms. The maximum absolute atomic E-state index is 13.5. The highest BCUT2D eigenvalue weighted by Crippen LogP contribution is 2.60. The van der Waals surface area contributed by atoms with Crippen LogP contribution in [-0.4, -0.2) is 78.2 Å². The van der Waals surface area contributed by atoms with E-state index in [4.69, 9.17) is 5.73 Å². The number of rotatable bonds is 4. The largest absolute Gasteiger partial charge is 0.369 e. The monoisotopic (exact) mass is 416 g/mol. The van der Waals surface area contributed by atoms with Crippen LogP contribution in [0.15, 0.2) is 0 Å². The van der Waals surface area contributed by atoms with Gasteiger partial charge in [-0.25, -0.2) is 0 Å². The van der Waals surface area contributed by atoms with Crippen LogP contribution in [0.2, 0.25) is 0 Å². The third-order valence-corrected chi connectivity index (χ3v) is 8.76. The Morgan fingerprint density at radius 1 is 0.767 bits per heavy atom. The summed E-state index contributed by atoms with van der Waals surface area (Å²) in [5, 5.41) is 0. The predicted molar refractivity (Wildman–Crippen MR) is 112 cm³/mol. The zero-order chi connectivity index (χ0) is 20.9. The number of likely N-dealkylation sites (tertiary alicyclic amines) is 1. The molecule has 2 saturated heterocycles. The zero-order valence-electron chi connectivity index (χ0n) is 18.1. The summed E-state index contributed by atoms with van der Waals surface area (Å²) in [5.41, 5.74) is 5.33. The van der Waals surface area contributed by atoms with Gasteiger partial charge in [0.05, 0.1) is 12.0 Å². The van der Waals surface area contributed by atoms with Crippen molar-refractivity contribution in [3.63, 3.8) is 0 Å². The zero-order valence-corrected chi connectivity index (χ0v) is 18.1. The highest BCUT2D eigenvalue weighted by molar-refractivity contribution is 5.83. The van der Waals surface area contributed by atoms with Gasteiger partial charge in [0.15, 0.2) is 0 Å². The van der Waals surface area contributed by atoms with Crippen molar-refractivity contribution in [2.75, 3.05) is 45.8 Å². The molecule has 0 spiro atoms. The SMILES string of the molecule is NC(=O)C1CCN(C(=O)CN2CCN(C(=O)C34CC5CC(CC(C5)C3)C4)CC2)CC1. The first-order valence-corrected chi connectivity index (χ1v) is 12.0. The molecule has 0 aromatic rings. The van der Waals surface area contributed by atoms with Crippen LogP contribution in [0.25, 0.3) is 0 Å². The molecule has 4 bridgehead atoms. The van der Waals surface area contributed by atoms with Crippen molar-refractivity contribution in [2.24, 2.45) is 34.8 Å². The molecule has 7 heteroatoms. The fourth-order valence-electron chi connectivity index (χ4n) is 7.52. The minimum atomic E-state index is -0.248. The maximum Gasteiger partial charge on any atom is 0.236 e. The maximum atomic E-state index is 13.5. The first-order chi connectivity index (χ1) is 14.4. The molecule has 2 heterocycles. The van der Waals surface area contributed by atoms with Gasteiger partial charge in [-0.2, -0.15) is 0 Å². The van der Waals surface area contributed by atoms with E-state index in [2.05, 4.69) is 9.80 Å². The van der Waals surface area contributed by atoms with Gasteiger partial charge in [0.2, 0.25) is 17.7 Å². The Morgan fingerprint density at radius 2 is 1.30 bits per heavy atom. The number of hydrogen-bond acceptors (Lipinski definition) is 4. The summed E-state index contributed by atoms with van der Waals surface area (Å²) in [4.78, 5) is 43.7. The average molecular weight is 417 g/mol. The Bertz CT molecular complexity index is 672. The van der Waals surface area contributed by atoms with Crippen LogP contribution < -0.4 is 5.73 Å². The normalized spacial score (nSPS) is 36.9. The van der Waals surface area contributed by atoms with E-state index in [0.29, 0.717) is 38.4 Å². The van der Waals surface area contributed by atoms with E-state index >= 15 is 0 Å². The van der Waals surface area contributed by atoms with Gasteiger partial charge in [0.25, 0.3) is 0 Å². The Morgan fingerprint density at radius 3 is 1.80 bits per heavy atom. The minimum Gasteiger partial charge on any atom is -0.369 e. The molecule has 2 aliphatic heterocycles. The van der Waals surface area contributed by atoms with Gasteiger partial charge in [-0.05, 0) is 69.1 Å². The molecule has 0 atom stereocenters. The van der Waals surface area contributed by atoms with Gasteiger partial charge >= 0.3 is 0 Å². The molecule has 6 fully saturated rings. The summed E-state index contributed by atoms with van der Waals surface area (Å²) in [7, 11) is 0. The molecule has 3 amide bonds. The summed E-state index contributed by atoms with van der Waals surface area (Å²) in [5.74, 6) is 2.59. The van der Waals surface area contributed by atoms with E-state index in [9.17, 15) is 14.4 Å². The van der Waals surface area contributed by atoms with E-state index < -0.39 is 0 Å². The van der Waals surface area contributed by atoms with Crippen molar-refractivity contribution < 1.29 is 14.4 Å². The molecule has 166 valence electrons. The number of piperidine rings is 1. The number of amides is 3. The van der Waals surface area contributed by atoms with Crippen molar-refractivity contribution in [3.8, 4) is 0 Å². The van der Waals surface area contributed by atoms with E-state index in [-0.39, 0.29) is 23.1 Å². The topological polar surface area (TPSA) is 86.9 Å². The molecule has 7 nitrogen and oxygen atoms in total. The Hall–Kier alpha value is -1.63. The van der Waals surface area contributed by atoms with Crippen molar-refractivity contribution in [2.45, 2.75) is 51.4 Å². The summed E-state index contributed by atoms with van der Waals surface area (Å²) in [6.45, 7) is 4.72. The first-order valence-electron chi connectivity index (χ1n) is 12.0.